The summed E-state index contributed by atoms with van der Waals surface area (Å²) >= 11 is 1.55. The molecule has 3 nitrogen and oxygen atoms in total. The molecule has 0 aliphatic carbocycles. The van der Waals surface area contributed by atoms with E-state index in [1.54, 1.807) is 16.8 Å². The van der Waals surface area contributed by atoms with Crippen LogP contribution >= 0.6 is 11.3 Å². The largest absolute Gasteiger partial charge is 0.396 e. The van der Waals surface area contributed by atoms with Gasteiger partial charge >= 0.3 is 0 Å². The first kappa shape index (κ1) is 8.64. The van der Waals surface area contributed by atoms with E-state index in [-0.39, 0.29) is 12.6 Å². The fraction of sp³-hybridized carbons (Fsp3) is 0.571. The van der Waals surface area contributed by atoms with Gasteiger partial charge in [0.05, 0.1) is 11.2 Å². The fourth-order valence-electron chi connectivity index (χ4n) is 0.937. The van der Waals surface area contributed by atoms with Crippen molar-refractivity contribution in [2.24, 2.45) is 5.73 Å². The third-order valence-corrected chi connectivity index (χ3v) is 2.62. The Hall–Kier alpha value is -0.450. The standard InChI is InChI=1S/C7H12N2OS/c1-5-7(11-4-9-5)6(8)2-3-10/h4,6,10H,2-3,8H2,1H3/t6-/m1/s1. The minimum atomic E-state index is -0.0486. The summed E-state index contributed by atoms with van der Waals surface area (Å²) in [7, 11) is 0. The molecule has 1 aromatic rings. The number of rotatable bonds is 3. The summed E-state index contributed by atoms with van der Waals surface area (Å²) in [6.07, 6.45) is 0.614. The summed E-state index contributed by atoms with van der Waals surface area (Å²) < 4.78 is 0. The zero-order chi connectivity index (χ0) is 8.27. The molecule has 62 valence electrons. The Morgan fingerprint density at radius 3 is 3.00 bits per heavy atom. The molecule has 1 heterocycles. The number of aliphatic hydroxyl groups excluding tert-OH is 1. The van der Waals surface area contributed by atoms with Gasteiger partial charge in [-0.3, -0.25) is 0 Å². The van der Waals surface area contributed by atoms with Crippen LogP contribution in [0.3, 0.4) is 0 Å². The van der Waals surface area contributed by atoms with E-state index in [4.69, 9.17) is 10.8 Å². The number of hydrogen-bond acceptors (Lipinski definition) is 4. The van der Waals surface area contributed by atoms with Gasteiger partial charge in [0, 0.05) is 17.5 Å². The van der Waals surface area contributed by atoms with Crippen LogP contribution in [0.4, 0.5) is 0 Å². The second kappa shape index (κ2) is 3.80. The minimum absolute atomic E-state index is 0.0486. The van der Waals surface area contributed by atoms with Crippen LogP contribution in [0, 0.1) is 6.92 Å². The molecular weight excluding hydrogens is 160 g/mol. The Balaban J connectivity index is 2.67. The first-order valence-electron chi connectivity index (χ1n) is 3.52. The van der Waals surface area contributed by atoms with E-state index in [0.29, 0.717) is 6.42 Å². The van der Waals surface area contributed by atoms with Crippen molar-refractivity contribution in [3.05, 3.63) is 16.1 Å². The maximum Gasteiger partial charge on any atom is 0.0798 e. The van der Waals surface area contributed by atoms with Crippen molar-refractivity contribution < 1.29 is 5.11 Å². The first-order valence-corrected chi connectivity index (χ1v) is 4.40. The van der Waals surface area contributed by atoms with E-state index in [1.165, 1.54) is 0 Å². The van der Waals surface area contributed by atoms with Crippen molar-refractivity contribution in [3.63, 3.8) is 0 Å². The molecule has 0 aromatic carbocycles. The van der Waals surface area contributed by atoms with Gasteiger partial charge < -0.3 is 10.8 Å². The molecule has 0 unspecified atom stereocenters. The van der Waals surface area contributed by atoms with Gasteiger partial charge in [-0.15, -0.1) is 11.3 Å². The molecule has 1 atom stereocenters. The van der Waals surface area contributed by atoms with Gasteiger partial charge in [0.1, 0.15) is 0 Å². The van der Waals surface area contributed by atoms with E-state index >= 15 is 0 Å². The lowest BCUT2D eigenvalue weighted by Gasteiger charge is -2.06. The molecule has 0 saturated heterocycles. The summed E-state index contributed by atoms with van der Waals surface area (Å²) in [5, 5.41) is 8.63. The van der Waals surface area contributed by atoms with Crippen LogP contribution in [0.25, 0.3) is 0 Å². The lowest BCUT2D eigenvalue weighted by Crippen LogP contribution is -2.11. The highest BCUT2D eigenvalue weighted by atomic mass is 32.1. The lowest BCUT2D eigenvalue weighted by molar-refractivity contribution is 0.277. The predicted molar refractivity (Wildman–Crippen MR) is 45.5 cm³/mol. The molecule has 0 radical (unpaired) electrons. The molecule has 0 spiro atoms. The lowest BCUT2D eigenvalue weighted by atomic mass is 10.2. The topological polar surface area (TPSA) is 59.1 Å². The molecule has 1 aromatic heterocycles. The van der Waals surface area contributed by atoms with E-state index in [9.17, 15) is 0 Å². The molecule has 3 N–H and O–H groups in total. The second-order valence-corrected chi connectivity index (χ2v) is 3.31. The average Bonchev–Trinajstić information content (AvgIpc) is 2.36. The van der Waals surface area contributed by atoms with E-state index in [1.807, 2.05) is 6.92 Å². The van der Waals surface area contributed by atoms with Gasteiger partial charge in [-0.25, -0.2) is 4.98 Å². The summed E-state index contributed by atoms with van der Waals surface area (Å²) in [5.74, 6) is 0. The van der Waals surface area contributed by atoms with Crippen molar-refractivity contribution in [2.75, 3.05) is 6.61 Å². The Kier molecular flexibility index (Phi) is 2.99. The highest BCUT2D eigenvalue weighted by Gasteiger charge is 2.09. The first-order chi connectivity index (χ1) is 5.25. The quantitative estimate of drug-likeness (QED) is 0.710. The number of thiazole rings is 1. The Labute approximate surface area is 69.9 Å². The normalized spacial score (nSPS) is 13.4. The number of aryl methyl sites for hydroxylation is 1. The predicted octanol–water partition coefficient (Wildman–Crippen LogP) is 0.834. The number of aliphatic hydroxyl groups is 1. The maximum atomic E-state index is 8.63. The average molecular weight is 172 g/mol. The van der Waals surface area contributed by atoms with Crippen LogP contribution in [-0.4, -0.2) is 16.7 Å². The Bertz CT molecular complexity index is 224. The van der Waals surface area contributed by atoms with Gasteiger partial charge in [0.25, 0.3) is 0 Å². The zero-order valence-corrected chi connectivity index (χ0v) is 7.27. The third-order valence-electron chi connectivity index (χ3n) is 1.56. The molecule has 0 bridgehead atoms. The molecule has 0 saturated carbocycles. The van der Waals surface area contributed by atoms with Crippen LogP contribution in [-0.2, 0) is 0 Å². The molecule has 0 fully saturated rings. The van der Waals surface area contributed by atoms with Crippen LogP contribution in [0.1, 0.15) is 23.0 Å². The number of nitrogens with two attached hydrogens (primary N) is 1. The van der Waals surface area contributed by atoms with E-state index in [2.05, 4.69) is 4.98 Å². The molecule has 0 aliphatic rings. The second-order valence-electron chi connectivity index (χ2n) is 2.42. The smallest absolute Gasteiger partial charge is 0.0798 e. The Morgan fingerprint density at radius 2 is 2.55 bits per heavy atom. The van der Waals surface area contributed by atoms with E-state index < -0.39 is 0 Å². The van der Waals surface area contributed by atoms with Gasteiger partial charge in [-0.05, 0) is 13.3 Å². The molecule has 4 heteroatoms. The number of nitrogens with zero attached hydrogens (tertiary/aromatic N) is 1. The highest BCUT2D eigenvalue weighted by molar-refractivity contribution is 7.09. The van der Waals surface area contributed by atoms with Crippen LogP contribution in [0.5, 0.6) is 0 Å². The van der Waals surface area contributed by atoms with Crippen LogP contribution in [0.2, 0.25) is 0 Å². The number of aromatic nitrogens is 1. The van der Waals surface area contributed by atoms with Crippen LogP contribution < -0.4 is 5.73 Å². The molecule has 0 aliphatic heterocycles. The Morgan fingerprint density at radius 1 is 1.82 bits per heavy atom. The van der Waals surface area contributed by atoms with Gasteiger partial charge in [0.15, 0.2) is 0 Å². The van der Waals surface area contributed by atoms with Crippen molar-refractivity contribution in [3.8, 4) is 0 Å². The van der Waals surface area contributed by atoms with Crippen molar-refractivity contribution in [2.45, 2.75) is 19.4 Å². The number of hydrogen-bond donors (Lipinski definition) is 2. The summed E-state index contributed by atoms with van der Waals surface area (Å²) in [4.78, 5) is 5.16. The van der Waals surface area contributed by atoms with Gasteiger partial charge in [0.2, 0.25) is 0 Å². The minimum Gasteiger partial charge on any atom is -0.396 e. The van der Waals surface area contributed by atoms with Crippen molar-refractivity contribution in [1.82, 2.24) is 4.98 Å². The van der Waals surface area contributed by atoms with Gasteiger partial charge in [-0.1, -0.05) is 0 Å². The van der Waals surface area contributed by atoms with Crippen LogP contribution in [0.15, 0.2) is 5.51 Å². The fourth-order valence-corrected chi connectivity index (χ4v) is 1.78. The summed E-state index contributed by atoms with van der Waals surface area (Å²) in [5.41, 5.74) is 8.52. The molecule has 11 heavy (non-hydrogen) atoms. The highest BCUT2D eigenvalue weighted by Crippen LogP contribution is 2.21. The van der Waals surface area contributed by atoms with E-state index in [0.717, 1.165) is 10.6 Å². The molecule has 0 amide bonds. The van der Waals surface area contributed by atoms with Crippen molar-refractivity contribution in [1.29, 1.82) is 0 Å². The third kappa shape index (κ3) is 1.99. The van der Waals surface area contributed by atoms with Gasteiger partial charge in [-0.2, -0.15) is 0 Å². The molecule has 1 rings (SSSR count). The summed E-state index contributed by atoms with van der Waals surface area (Å²) in [6.45, 7) is 2.07. The monoisotopic (exact) mass is 172 g/mol. The zero-order valence-electron chi connectivity index (χ0n) is 6.45. The maximum absolute atomic E-state index is 8.63. The SMILES string of the molecule is Cc1ncsc1[C@H](N)CCO. The van der Waals surface area contributed by atoms with Crippen molar-refractivity contribution >= 4 is 11.3 Å². The summed E-state index contributed by atoms with van der Waals surface area (Å²) in [6, 6.07) is -0.0486. The molecular formula is C7H12N2OS.